The Morgan fingerprint density at radius 2 is 1.71 bits per heavy atom. The van der Waals surface area contributed by atoms with Gasteiger partial charge in [-0.1, -0.05) is 31.4 Å². The molecule has 0 heterocycles. The van der Waals surface area contributed by atoms with E-state index < -0.39 is 17.7 Å². The number of halogens is 3. The van der Waals surface area contributed by atoms with Crippen molar-refractivity contribution in [3.8, 4) is 5.75 Å². The molecule has 1 aliphatic rings. The summed E-state index contributed by atoms with van der Waals surface area (Å²) in [6.07, 6.45) is -0.357. The maximum Gasteiger partial charge on any atom is 0.573 e. The molecular weight excluding hydrogens is 285 g/mol. The molecular formula is C15H17F3O3. The lowest BCUT2D eigenvalue weighted by molar-refractivity contribution is -0.274. The highest BCUT2D eigenvalue weighted by Crippen LogP contribution is 2.39. The molecule has 0 aliphatic heterocycles. The summed E-state index contributed by atoms with van der Waals surface area (Å²) in [7, 11) is 0. The van der Waals surface area contributed by atoms with Crippen molar-refractivity contribution in [2.45, 2.75) is 44.9 Å². The van der Waals surface area contributed by atoms with Crippen LogP contribution in [0, 0.1) is 5.41 Å². The molecule has 6 heteroatoms. The normalized spacial score (nSPS) is 18.2. The van der Waals surface area contributed by atoms with Crippen molar-refractivity contribution in [3.63, 3.8) is 0 Å². The smallest absolute Gasteiger partial charge is 0.481 e. The molecule has 1 fully saturated rings. The van der Waals surface area contributed by atoms with Gasteiger partial charge in [0.2, 0.25) is 0 Å². The zero-order chi connectivity index (χ0) is 15.5. The van der Waals surface area contributed by atoms with Crippen LogP contribution >= 0.6 is 0 Å². The Balaban J connectivity index is 2.09. The first-order valence-electron chi connectivity index (χ1n) is 6.89. The number of carbonyl (C=O) groups is 1. The monoisotopic (exact) mass is 302 g/mol. The molecule has 2 rings (SSSR count). The van der Waals surface area contributed by atoms with Crippen molar-refractivity contribution in [1.29, 1.82) is 0 Å². The van der Waals surface area contributed by atoms with Gasteiger partial charge in [-0.05, 0) is 37.0 Å². The zero-order valence-electron chi connectivity index (χ0n) is 11.4. The van der Waals surface area contributed by atoms with Gasteiger partial charge >= 0.3 is 12.3 Å². The maximum absolute atomic E-state index is 12.1. The van der Waals surface area contributed by atoms with Gasteiger partial charge in [0, 0.05) is 0 Å². The number of hydrogen-bond donors (Lipinski definition) is 1. The van der Waals surface area contributed by atoms with E-state index in [9.17, 15) is 23.1 Å². The van der Waals surface area contributed by atoms with Gasteiger partial charge in [0.25, 0.3) is 0 Å². The van der Waals surface area contributed by atoms with E-state index in [4.69, 9.17) is 0 Å². The minimum atomic E-state index is -4.72. The summed E-state index contributed by atoms with van der Waals surface area (Å²) in [6, 6.07) is 5.45. The zero-order valence-corrected chi connectivity index (χ0v) is 11.4. The molecule has 21 heavy (non-hydrogen) atoms. The van der Waals surface area contributed by atoms with Crippen LogP contribution < -0.4 is 4.74 Å². The lowest BCUT2D eigenvalue weighted by Gasteiger charge is -2.33. The van der Waals surface area contributed by atoms with Gasteiger partial charge in [-0.3, -0.25) is 4.79 Å². The summed E-state index contributed by atoms with van der Waals surface area (Å²) in [4.78, 5) is 11.6. The number of carboxylic acids is 1. The number of hydrogen-bond acceptors (Lipinski definition) is 2. The van der Waals surface area contributed by atoms with Crippen LogP contribution in [0.3, 0.4) is 0 Å². The number of aliphatic carboxylic acids is 1. The van der Waals surface area contributed by atoms with E-state index in [1.165, 1.54) is 24.3 Å². The van der Waals surface area contributed by atoms with Crippen molar-refractivity contribution in [2.24, 2.45) is 5.41 Å². The maximum atomic E-state index is 12.1. The fourth-order valence-corrected chi connectivity index (χ4v) is 2.89. The van der Waals surface area contributed by atoms with Crippen LogP contribution in [-0.2, 0) is 11.2 Å². The Hall–Kier alpha value is -1.72. The van der Waals surface area contributed by atoms with Gasteiger partial charge in [0.1, 0.15) is 5.75 Å². The first-order valence-corrected chi connectivity index (χ1v) is 6.89. The van der Waals surface area contributed by atoms with Gasteiger partial charge in [-0.15, -0.1) is 13.2 Å². The van der Waals surface area contributed by atoms with Crippen molar-refractivity contribution < 1.29 is 27.8 Å². The fourth-order valence-electron chi connectivity index (χ4n) is 2.89. The van der Waals surface area contributed by atoms with Gasteiger partial charge in [-0.25, -0.2) is 0 Å². The van der Waals surface area contributed by atoms with Gasteiger partial charge in [0.05, 0.1) is 5.41 Å². The standard InChI is InChI=1S/C15H17F3O3/c16-15(17,18)21-12-6-4-11(5-7-12)10-14(13(19)20)8-2-1-3-9-14/h4-7H,1-3,8-10H2,(H,19,20). The fraction of sp³-hybridized carbons (Fsp3) is 0.533. The summed E-state index contributed by atoms with van der Waals surface area (Å²) >= 11 is 0. The molecule has 0 spiro atoms. The van der Waals surface area contributed by atoms with Crippen LogP contribution in [0.25, 0.3) is 0 Å². The Labute approximate surface area is 120 Å². The van der Waals surface area contributed by atoms with E-state index in [1.807, 2.05) is 0 Å². The predicted octanol–water partition coefficient (Wildman–Crippen LogP) is 4.16. The molecule has 0 bridgehead atoms. The van der Waals surface area contributed by atoms with E-state index in [2.05, 4.69) is 4.74 Å². The number of rotatable bonds is 4. The van der Waals surface area contributed by atoms with Crippen molar-refractivity contribution in [2.75, 3.05) is 0 Å². The molecule has 0 amide bonds. The molecule has 3 nitrogen and oxygen atoms in total. The number of alkyl halides is 3. The third-order valence-corrected chi connectivity index (χ3v) is 3.96. The molecule has 1 N–H and O–H groups in total. The van der Waals surface area contributed by atoms with E-state index in [1.54, 1.807) is 0 Å². The van der Waals surface area contributed by atoms with Crippen LogP contribution in [0.4, 0.5) is 13.2 Å². The van der Waals surface area contributed by atoms with Crippen LogP contribution in [0.5, 0.6) is 5.75 Å². The minimum absolute atomic E-state index is 0.292. The highest BCUT2D eigenvalue weighted by molar-refractivity contribution is 5.75. The molecule has 0 unspecified atom stereocenters. The molecule has 0 aromatic heterocycles. The second kappa shape index (κ2) is 5.95. The molecule has 1 aliphatic carbocycles. The molecule has 1 aromatic carbocycles. The van der Waals surface area contributed by atoms with Crippen LogP contribution in [-0.4, -0.2) is 17.4 Å². The van der Waals surface area contributed by atoms with Gasteiger partial charge in [-0.2, -0.15) is 0 Å². The van der Waals surface area contributed by atoms with Crippen molar-refractivity contribution >= 4 is 5.97 Å². The number of benzene rings is 1. The quantitative estimate of drug-likeness (QED) is 0.908. The van der Waals surface area contributed by atoms with E-state index in [-0.39, 0.29) is 5.75 Å². The summed E-state index contributed by atoms with van der Waals surface area (Å²) in [5.74, 6) is -1.11. The first kappa shape index (κ1) is 15.7. The summed E-state index contributed by atoms with van der Waals surface area (Å²) in [5, 5.41) is 9.48. The van der Waals surface area contributed by atoms with Crippen LogP contribution in [0.2, 0.25) is 0 Å². The number of ether oxygens (including phenoxy) is 1. The molecule has 1 saturated carbocycles. The second-order valence-corrected chi connectivity index (χ2v) is 5.51. The summed E-state index contributed by atoms with van der Waals surface area (Å²) in [6.45, 7) is 0. The predicted molar refractivity (Wildman–Crippen MR) is 70.0 cm³/mol. The lowest BCUT2D eigenvalue weighted by Crippen LogP contribution is -2.35. The largest absolute Gasteiger partial charge is 0.573 e. The highest BCUT2D eigenvalue weighted by Gasteiger charge is 2.39. The lowest BCUT2D eigenvalue weighted by atomic mass is 9.70. The molecule has 0 atom stereocenters. The summed E-state index contributed by atoms with van der Waals surface area (Å²) in [5.41, 5.74) is -0.0705. The van der Waals surface area contributed by atoms with E-state index in [0.29, 0.717) is 24.8 Å². The second-order valence-electron chi connectivity index (χ2n) is 5.51. The SMILES string of the molecule is O=C(O)C1(Cc2ccc(OC(F)(F)F)cc2)CCCCC1. The summed E-state index contributed by atoms with van der Waals surface area (Å²) < 4.78 is 40.0. The Kier molecular flexibility index (Phi) is 4.44. The average Bonchev–Trinajstić information content (AvgIpc) is 2.40. The third-order valence-electron chi connectivity index (χ3n) is 3.96. The van der Waals surface area contributed by atoms with Crippen LogP contribution in [0.1, 0.15) is 37.7 Å². The van der Waals surface area contributed by atoms with Crippen molar-refractivity contribution in [3.05, 3.63) is 29.8 Å². The average molecular weight is 302 g/mol. The Morgan fingerprint density at radius 1 is 1.14 bits per heavy atom. The Morgan fingerprint density at radius 3 is 2.19 bits per heavy atom. The minimum Gasteiger partial charge on any atom is -0.481 e. The van der Waals surface area contributed by atoms with Crippen molar-refractivity contribution in [1.82, 2.24) is 0 Å². The molecule has 116 valence electrons. The molecule has 0 saturated heterocycles. The van der Waals surface area contributed by atoms with Crippen LogP contribution in [0.15, 0.2) is 24.3 Å². The van der Waals surface area contributed by atoms with Gasteiger partial charge < -0.3 is 9.84 Å². The Bertz CT molecular complexity index is 488. The molecule has 1 aromatic rings. The highest BCUT2D eigenvalue weighted by atomic mass is 19.4. The third kappa shape index (κ3) is 4.12. The van der Waals surface area contributed by atoms with E-state index >= 15 is 0 Å². The van der Waals surface area contributed by atoms with E-state index in [0.717, 1.165) is 19.3 Å². The van der Waals surface area contributed by atoms with Gasteiger partial charge in [0.15, 0.2) is 0 Å². The topological polar surface area (TPSA) is 46.5 Å². The number of carboxylic acid groups (broad SMARTS) is 1. The molecule has 0 radical (unpaired) electrons. The first-order chi connectivity index (χ1) is 9.81.